The number of amides is 1. The second-order valence-corrected chi connectivity index (χ2v) is 9.76. The monoisotopic (exact) mass is 516 g/mol. The van der Waals surface area contributed by atoms with E-state index in [4.69, 9.17) is 4.74 Å². The van der Waals surface area contributed by atoms with E-state index in [0.717, 1.165) is 50.2 Å². The van der Waals surface area contributed by atoms with Crippen LogP contribution in [-0.4, -0.2) is 68.2 Å². The Kier molecular flexibility index (Phi) is 7.32. The van der Waals surface area contributed by atoms with Gasteiger partial charge >= 0.3 is 6.18 Å². The Bertz CT molecular complexity index is 1220. The minimum Gasteiger partial charge on any atom is -0.465 e. The lowest BCUT2D eigenvalue weighted by Crippen LogP contribution is -2.45. The third-order valence-corrected chi connectivity index (χ3v) is 7.39. The predicted molar refractivity (Wildman–Crippen MR) is 131 cm³/mol. The summed E-state index contributed by atoms with van der Waals surface area (Å²) in [5, 5.41) is 7.75. The van der Waals surface area contributed by atoms with Crippen LogP contribution in [0.25, 0.3) is 11.0 Å². The van der Waals surface area contributed by atoms with Gasteiger partial charge in [0, 0.05) is 37.8 Å². The van der Waals surface area contributed by atoms with Crippen molar-refractivity contribution in [1.82, 2.24) is 29.5 Å². The van der Waals surface area contributed by atoms with E-state index in [1.807, 2.05) is 22.5 Å². The Labute approximate surface area is 213 Å². The molecule has 2 aliphatic heterocycles. The number of alkyl halides is 3. The van der Waals surface area contributed by atoms with Gasteiger partial charge in [-0.25, -0.2) is 0 Å². The van der Waals surface area contributed by atoms with E-state index >= 15 is 0 Å². The fourth-order valence-corrected chi connectivity index (χ4v) is 5.45. The number of ether oxygens (including phenoxy) is 1. The maximum atomic E-state index is 13.3. The highest BCUT2D eigenvalue weighted by atomic mass is 19.4. The molecule has 0 radical (unpaired) electrons. The molecular weight excluding hydrogens is 485 g/mol. The summed E-state index contributed by atoms with van der Waals surface area (Å²) in [4.78, 5) is 21.9. The van der Waals surface area contributed by atoms with Crippen molar-refractivity contribution in [2.45, 2.75) is 51.4 Å². The summed E-state index contributed by atoms with van der Waals surface area (Å²) in [6, 6.07) is 5.93. The van der Waals surface area contributed by atoms with Gasteiger partial charge < -0.3 is 9.64 Å². The zero-order valence-corrected chi connectivity index (χ0v) is 20.8. The minimum absolute atomic E-state index is 0.00292. The molecule has 2 aliphatic rings. The molecule has 2 aromatic heterocycles. The number of hydrogen-bond acceptors (Lipinski definition) is 6. The minimum atomic E-state index is -4.43. The van der Waals surface area contributed by atoms with Crippen molar-refractivity contribution in [1.29, 1.82) is 0 Å². The number of fused-ring (bicyclic) bond motifs is 1. The highest BCUT2D eigenvalue weighted by molar-refractivity contribution is 5.79. The first-order chi connectivity index (χ1) is 17.8. The molecule has 8 nitrogen and oxygen atoms in total. The van der Waals surface area contributed by atoms with Crippen molar-refractivity contribution in [3.05, 3.63) is 47.8 Å². The molecule has 0 bridgehead atoms. The first-order valence-corrected chi connectivity index (χ1v) is 12.8. The van der Waals surface area contributed by atoms with Gasteiger partial charge in [-0.3, -0.25) is 14.3 Å². The van der Waals surface area contributed by atoms with Crippen molar-refractivity contribution >= 4 is 16.9 Å². The Morgan fingerprint density at radius 3 is 2.46 bits per heavy atom. The topological polar surface area (TPSA) is 76.4 Å². The summed E-state index contributed by atoms with van der Waals surface area (Å²) >= 11 is 0. The van der Waals surface area contributed by atoms with Gasteiger partial charge in [-0.05, 0) is 75.5 Å². The van der Waals surface area contributed by atoms with Gasteiger partial charge in [0.05, 0.1) is 29.4 Å². The second kappa shape index (κ2) is 10.6. The molecule has 37 heavy (non-hydrogen) atoms. The Balaban J connectivity index is 1.21. The highest BCUT2D eigenvalue weighted by Gasteiger charge is 2.34. The first kappa shape index (κ1) is 25.4. The van der Waals surface area contributed by atoms with E-state index in [2.05, 4.69) is 20.1 Å². The lowest BCUT2D eigenvalue weighted by atomic mass is 9.93. The van der Waals surface area contributed by atoms with Crippen molar-refractivity contribution in [3.8, 4) is 6.01 Å². The summed E-state index contributed by atoms with van der Waals surface area (Å²) in [5.41, 5.74) is 1.29. The van der Waals surface area contributed by atoms with E-state index in [1.165, 1.54) is 6.07 Å². The molecule has 1 amide bonds. The number of hydrogen-bond donors (Lipinski definition) is 0. The zero-order chi connectivity index (χ0) is 26.0. The van der Waals surface area contributed by atoms with Crippen LogP contribution in [0, 0.1) is 5.92 Å². The molecule has 3 aromatic rings. The maximum absolute atomic E-state index is 13.3. The van der Waals surface area contributed by atoms with Gasteiger partial charge in [-0.1, -0.05) is 0 Å². The van der Waals surface area contributed by atoms with E-state index in [-0.39, 0.29) is 23.4 Å². The SMILES string of the molecule is CCOc1nc2cc(C(F)(F)F)ccc2n1C1CCN(C(=O)C2CCN(Cc3ccnnc3)CC2)CC1. The fourth-order valence-electron chi connectivity index (χ4n) is 5.45. The standard InChI is InChI=1S/C26H31F3N6O2/c1-2-37-25-32-22-15-20(26(27,28)29)3-4-23(22)35(25)21-8-13-34(14-9-21)24(36)19-6-11-33(12-7-19)17-18-5-10-30-31-16-18/h3-5,10,15-16,19,21H,2,6-9,11-14,17H2,1H3. The van der Waals surface area contributed by atoms with Crippen LogP contribution in [0.15, 0.2) is 36.7 Å². The van der Waals surface area contributed by atoms with Crippen LogP contribution >= 0.6 is 0 Å². The Morgan fingerprint density at radius 1 is 1.05 bits per heavy atom. The lowest BCUT2D eigenvalue weighted by molar-refractivity contribution is -0.138. The summed E-state index contributed by atoms with van der Waals surface area (Å²) in [5.74, 6) is 0.233. The molecule has 0 aliphatic carbocycles. The molecule has 4 heterocycles. The van der Waals surface area contributed by atoms with Crippen molar-refractivity contribution in [3.63, 3.8) is 0 Å². The smallest absolute Gasteiger partial charge is 0.416 e. The molecule has 198 valence electrons. The van der Waals surface area contributed by atoms with Crippen molar-refractivity contribution in [2.75, 3.05) is 32.8 Å². The molecule has 0 N–H and O–H groups in total. The molecule has 1 aromatic carbocycles. The van der Waals surface area contributed by atoms with Crippen molar-refractivity contribution < 1.29 is 22.7 Å². The zero-order valence-electron chi connectivity index (χ0n) is 20.8. The average Bonchev–Trinajstić information content (AvgIpc) is 3.26. The number of imidazole rings is 1. The largest absolute Gasteiger partial charge is 0.465 e. The summed E-state index contributed by atoms with van der Waals surface area (Å²) in [7, 11) is 0. The summed E-state index contributed by atoms with van der Waals surface area (Å²) in [6.45, 7) is 5.96. The van der Waals surface area contributed by atoms with Gasteiger partial charge in [0.15, 0.2) is 0 Å². The van der Waals surface area contributed by atoms with Gasteiger partial charge in [0.2, 0.25) is 5.91 Å². The fraction of sp³-hybridized carbons (Fsp3) is 0.538. The van der Waals surface area contributed by atoms with Crippen LogP contribution in [0.4, 0.5) is 13.2 Å². The highest BCUT2D eigenvalue weighted by Crippen LogP contribution is 2.36. The molecule has 0 atom stereocenters. The van der Waals surface area contributed by atoms with Crippen LogP contribution in [0.1, 0.15) is 49.8 Å². The van der Waals surface area contributed by atoms with E-state index < -0.39 is 11.7 Å². The molecule has 2 fully saturated rings. The number of carbonyl (C=O) groups is 1. The van der Waals surface area contributed by atoms with Crippen LogP contribution in [0.2, 0.25) is 0 Å². The normalized spacial score (nSPS) is 18.4. The number of piperidine rings is 2. The summed E-state index contributed by atoms with van der Waals surface area (Å²) in [6.07, 6.45) is 2.11. The quantitative estimate of drug-likeness (QED) is 0.486. The number of rotatable bonds is 6. The lowest BCUT2D eigenvalue weighted by Gasteiger charge is -2.37. The average molecular weight is 517 g/mol. The number of halogens is 3. The maximum Gasteiger partial charge on any atom is 0.416 e. The van der Waals surface area contributed by atoms with E-state index in [1.54, 1.807) is 12.4 Å². The Hall–Kier alpha value is -3.21. The van der Waals surface area contributed by atoms with Gasteiger partial charge in [0.25, 0.3) is 6.01 Å². The van der Waals surface area contributed by atoms with E-state index in [0.29, 0.717) is 44.1 Å². The van der Waals surface area contributed by atoms with Gasteiger partial charge in [0.1, 0.15) is 0 Å². The Morgan fingerprint density at radius 2 is 1.81 bits per heavy atom. The molecule has 0 spiro atoms. The number of benzene rings is 1. The number of carbonyl (C=O) groups excluding carboxylic acids is 1. The molecule has 5 rings (SSSR count). The van der Waals surface area contributed by atoms with Crippen LogP contribution in [0.5, 0.6) is 6.01 Å². The third kappa shape index (κ3) is 5.56. The first-order valence-electron chi connectivity index (χ1n) is 12.8. The summed E-state index contributed by atoms with van der Waals surface area (Å²) < 4.78 is 47.2. The number of aromatic nitrogens is 4. The van der Waals surface area contributed by atoms with Gasteiger partial charge in [-0.15, -0.1) is 0 Å². The number of nitrogens with zero attached hydrogens (tertiary/aromatic N) is 6. The van der Waals surface area contributed by atoms with Crippen LogP contribution in [0.3, 0.4) is 0 Å². The molecule has 11 heteroatoms. The molecule has 0 saturated carbocycles. The number of likely N-dealkylation sites (tertiary alicyclic amines) is 2. The molecular formula is C26H31F3N6O2. The molecule has 0 unspecified atom stereocenters. The second-order valence-electron chi connectivity index (χ2n) is 9.76. The molecule has 2 saturated heterocycles. The predicted octanol–water partition coefficient (Wildman–Crippen LogP) is 4.32. The third-order valence-electron chi connectivity index (χ3n) is 7.39. The van der Waals surface area contributed by atoms with Crippen molar-refractivity contribution in [2.24, 2.45) is 5.92 Å². The van der Waals surface area contributed by atoms with Gasteiger partial charge in [-0.2, -0.15) is 28.4 Å². The van der Waals surface area contributed by atoms with E-state index in [9.17, 15) is 18.0 Å². The van der Waals surface area contributed by atoms with Crippen LogP contribution in [-0.2, 0) is 17.5 Å². The van der Waals surface area contributed by atoms with Crippen LogP contribution < -0.4 is 4.74 Å².